The quantitative estimate of drug-likeness (QED) is 0.205. The van der Waals surface area contributed by atoms with E-state index in [2.05, 4.69) is 137 Å². The first-order chi connectivity index (χ1) is 20.8. The Morgan fingerprint density at radius 3 is 1.67 bits per heavy atom. The first-order valence-electron chi connectivity index (χ1n) is 14.5. The van der Waals surface area contributed by atoms with Gasteiger partial charge >= 0.3 is 0 Å². The Morgan fingerprint density at radius 2 is 1.02 bits per heavy atom. The third-order valence-electron chi connectivity index (χ3n) is 8.46. The van der Waals surface area contributed by atoms with Crippen LogP contribution in [0.4, 0.5) is 0 Å². The van der Waals surface area contributed by atoms with E-state index in [9.17, 15) is 0 Å². The van der Waals surface area contributed by atoms with E-state index in [4.69, 9.17) is 0 Å². The van der Waals surface area contributed by atoms with Crippen molar-refractivity contribution in [2.75, 3.05) is 6.54 Å². The Kier molecular flexibility index (Phi) is 5.97. The average Bonchev–Trinajstić information content (AvgIpc) is 3.07. The van der Waals surface area contributed by atoms with Crippen molar-refractivity contribution in [3.8, 4) is 33.4 Å². The number of rotatable bonds is 4. The zero-order chi connectivity index (χ0) is 27.9. The highest BCUT2D eigenvalue weighted by molar-refractivity contribution is 6.21. The van der Waals surface area contributed by atoms with Crippen molar-refractivity contribution in [1.29, 1.82) is 0 Å². The van der Waals surface area contributed by atoms with E-state index in [1.165, 1.54) is 71.3 Å². The van der Waals surface area contributed by atoms with Gasteiger partial charge in [0.2, 0.25) is 0 Å². The molecule has 2 heteroatoms. The third kappa shape index (κ3) is 4.20. The van der Waals surface area contributed by atoms with Crippen molar-refractivity contribution in [2.45, 2.75) is 6.42 Å². The summed E-state index contributed by atoms with van der Waals surface area (Å²) < 4.78 is 0. The SMILES string of the molecule is C1=NCCC(c2cncc(-c3ccc4cc(-c5c6ccccc6c(-c6ccccc6)c6ccccc56)ccc4c3)c2)=C1. The summed E-state index contributed by atoms with van der Waals surface area (Å²) >= 11 is 0. The van der Waals surface area contributed by atoms with E-state index in [1.807, 2.05) is 18.6 Å². The maximum atomic E-state index is 4.57. The lowest BCUT2D eigenvalue weighted by Gasteiger charge is -2.18. The third-order valence-corrected chi connectivity index (χ3v) is 8.46. The number of benzene rings is 6. The summed E-state index contributed by atoms with van der Waals surface area (Å²) in [5.41, 5.74) is 9.84. The van der Waals surface area contributed by atoms with Crippen molar-refractivity contribution < 1.29 is 0 Å². The normalized spacial score (nSPS) is 13.1. The van der Waals surface area contributed by atoms with Crippen LogP contribution in [0, 0.1) is 0 Å². The second kappa shape index (κ2) is 10.2. The standard InChI is InChI=1S/C40H28N2/c1-2-8-28(9-3-1)39-35-10-4-6-12-37(35)40(38-13-7-5-11-36(38)39)32-17-16-29-22-31(15-14-30(29)23-32)34-24-33(25-42-26-34)27-18-20-41-21-19-27/h1-18,20,22-26H,19,21H2. The Hall–Kier alpha value is -5.34. The van der Waals surface area contributed by atoms with Crippen molar-refractivity contribution in [2.24, 2.45) is 4.99 Å². The van der Waals surface area contributed by atoms with Crippen LogP contribution in [0.1, 0.15) is 12.0 Å². The first-order valence-corrected chi connectivity index (χ1v) is 14.5. The summed E-state index contributed by atoms with van der Waals surface area (Å²) in [7, 11) is 0. The maximum Gasteiger partial charge on any atom is 0.0429 e. The molecule has 1 aliphatic heterocycles. The Labute approximate surface area is 245 Å². The monoisotopic (exact) mass is 536 g/mol. The topological polar surface area (TPSA) is 25.2 Å². The molecule has 0 unspecified atom stereocenters. The second-order valence-electron chi connectivity index (χ2n) is 10.9. The number of hydrogen-bond acceptors (Lipinski definition) is 2. The van der Waals surface area contributed by atoms with Crippen LogP contribution in [0.5, 0.6) is 0 Å². The molecule has 0 spiro atoms. The van der Waals surface area contributed by atoms with Gasteiger partial charge in [0.25, 0.3) is 0 Å². The lowest BCUT2D eigenvalue weighted by Crippen LogP contribution is -1.95. The molecule has 8 rings (SSSR count). The largest absolute Gasteiger partial charge is 0.293 e. The van der Waals surface area contributed by atoms with Gasteiger partial charge in [0.15, 0.2) is 0 Å². The fourth-order valence-corrected chi connectivity index (χ4v) is 6.44. The van der Waals surface area contributed by atoms with Crippen molar-refractivity contribution in [3.05, 3.63) is 145 Å². The van der Waals surface area contributed by atoms with Crippen molar-refractivity contribution in [3.63, 3.8) is 0 Å². The molecule has 0 atom stereocenters. The summed E-state index contributed by atoms with van der Waals surface area (Å²) in [6.45, 7) is 0.841. The van der Waals surface area contributed by atoms with Crippen LogP contribution < -0.4 is 0 Å². The van der Waals surface area contributed by atoms with Gasteiger partial charge in [0, 0.05) is 30.7 Å². The van der Waals surface area contributed by atoms with Crippen LogP contribution in [0.25, 0.3) is 71.3 Å². The van der Waals surface area contributed by atoms with Gasteiger partial charge in [-0.15, -0.1) is 0 Å². The van der Waals surface area contributed by atoms with Crippen LogP contribution in [0.15, 0.2) is 145 Å². The van der Waals surface area contributed by atoms with Gasteiger partial charge in [-0.2, -0.15) is 0 Å². The van der Waals surface area contributed by atoms with Gasteiger partial charge < -0.3 is 0 Å². The lowest BCUT2D eigenvalue weighted by atomic mass is 9.85. The predicted octanol–water partition coefficient (Wildman–Crippen LogP) is 10.4. The molecule has 0 N–H and O–H groups in total. The Bertz CT molecular complexity index is 2130. The summed E-state index contributed by atoms with van der Waals surface area (Å²) in [5.74, 6) is 0. The van der Waals surface area contributed by atoms with Crippen LogP contribution in [0.2, 0.25) is 0 Å². The number of aromatic nitrogens is 1. The first kappa shape index (κ1) is 24.5. The summed E-state index contributed by atoms with van der Waals surface area (Å²) in [5, 5.41) is 7.55. The van der Waals surface area contributed by atoms with Crippen LogP contribution in [-0.4, -0.2) is 17.7 Å². The molecule has 0 bridgehead atoms. The van der Waals surface area contributed by atoms with Gasteiger partial charge in [0.05, 0.1) is 0 Å². The molecule has 2 nitrogen and oxygen atoms in total. The highest BCUT2D eigenvalue weighted by Gasteiger charge is 2.16. The average molecular weight is 537 g/mol. The molecule has 6 aromatic carbocycles. The summed E-state index contributed by atoms with van der Waals surface area (Å²) in [6.07, 6.45) is 8.88. The van der Waals surface area contributed by atoms with Crippen LogP contribution in [0.3, 0.4) is 0 Å². The zero-order valence-electron chi connectivity index (χ0n) is 23.2. The molecule has 0 amide bonds. The molecule has 198 valence electrons. The summed E-state index contributed by atoms with van der Waals surface area (Å²) in [6, 6.07) is 44.3. The summed E-state index contributed by atoms with van der Waals surface area (Å²) in [4.78, 5) is 8.90. The molecule has 42 heavy (non-hydrogen) atoms. The molecule has 0 aliphatic carbocycles. The number of nitrogens with zero attached hydrogens (tertiary/aromatic N) is 2. The van der Waals surface area contributed by atoms with E-state index < -0.39 is 0 Å². The Morgan fingerprint density at radius 1 is 0.452 bits per heavy atom. The molecule has 0 radical (unpaired) electrons. The predicted molar refractivity (Wildman–Crippen MR) is 179 cm³/mol. The molecular formula is C40H28N2. The van der Waals surface area contributed by atoms with E-state index in [1.54, 1.807) is 0 Å². The molecule has 7 aromatic rings. The zero-order valence-corrected chi connectivity index (χ0v) is 23.2. The smallest absolute Gasteiger partial charge is 0.0429 e. The minimum absolute atomic E-state index is 0.841. The van der Waals surface area contributed by atoms with Gasteiger partial charge in [0.1, 0.15) is 0 Å². The Balaban J connectivity index is 1.27. The fraction of sp³-hybridized carbons (Fsp3) is 0.0500. The molecule has 0 fully saturated rings. The fourth-order valence-electron chi connectivity index (χ4n) is 6.44. The highest BCUT2D eigenvalue weighted by Crippen LogP contribution is 2.44. The molecular weight excluding hydrogens is 508 g/mol. The van der Waals surface area contributed by atoms with Crippen LogP contribution >= 0.6 is 0 Å². The van der Waals surface area contributed by atoms with Gasteiger partial charge in [-0.1, -0.05) is 103 Å². The molecule has 0 saturated carbocycles. The number of dihydropyridines is 1. The number of aliphatic imine (C=N–C) groups is 1. The van der Waals surface area contributed by atoms with E-state index in [0.717, 1.165) is 18.5 Å². The van der Waals surface area contributed by atoms with Crippen molar-refractivity contribution in [1.82, 2.24) is 4.98 Å². The molecule has 0 saturated heterocycles. The number of fused-ring (bicyclic) bond motifs is 3. The second-order valence-corrected chi connectivity index (χ2v) is 10.9. The highest BCUT2D eigenvalue weighted by atomic mass is 14.7. The number of pyridine rings is 1. The van der Waals surface area contributed by atoms with E-state index in [0.29, 0.717) is 0 Å². The maximum absolute atomic E-state index is 4.57. The van der Waals surface area contributed by atoms with Crippen molar-refractivity contribution >= 4 is 44.1 Å². The molecule has 1 aliphatic rings. The number of hydrogen-bond donors (Lipinski definition) is 0. The van der Waals surface area contributed by atoms with Crippen LogP contribution in [-0.2, 0) is 0 Å². The van der Waals surface area contributed by atoms with Gasteiger partial charge in [-0.25, -0.2) is 0 Å². The molecule has 1 aromatic heterocycles. The minimum atomic E-state index is 0.841. The van der Waals surface area contributed by atoms with Gasteiger partial charge in [-0.3, -0.25) is 9.98 Å². The van der Waals surface area contributed by atoms with Gasteiger partial charge in [-0.05, 0) is 102 Å². The van der Waals surface area contributed by atoms with E-state index >= 15 is 0 Å². The molecule has 2 heterocycles. The minimum Gasteiger partial charge on any atom is -0.293 e. The lowest BCUT2D eigenvalue weighted by molar-refractivity contribution is 1.01. The van der Waals surface area contributed by atoms with E-state index in [-0.39, 0.29) is 0 Å². The number of allylic oxidation sites excluding steroid dienone is 1.